The van der Waals surface area contributed by atoms with E-state index in [0.717, 1.165) is 5.01 Å². The zero-order valence-electron chi connectivity index (χ0n) is 13.0. The average Bonchev–Trinajstić information content (AvgIpc) is 2.95. The Morgan fingerprint density at radius 3 is 2.14 bits per heavy atom. The van der Waals surface area contributed by atoms with Crippen molar-refractivity contribution in [3.8, 4) is 11.5 Å². The number of aliphatic hydroxyl groups excluding tert-OH is 1. The fraction of sp³-hybridized carbons (Fsp3) is 0.438. The molecule has 1 aromatic heterocycles. The molecule has 5 heteroatoms. The number of ether oxygens (including phenoxy) is 2. The normalized spacial score (nSPS) is 13.0. The summed E-state index contributed by atoms with van der Waals surface area (Å²) in [5.74, 6) is 1.18. The van der Waals surface area contributed by atoms with Crippen LogP contribution in [0.15, 0.2) is 23.6 Å². The summed E-state index contributed by atoms with van der Waals surface area (Å²) in [5.41, 5.74) is 1.19. The van der Waals surface area contributed by atoms with Gasteiger partial charge in [0.1, 0.15) is 17.6 Å². The number of aromatic nitrogens is 1. The molecule has 2 aromatic rings. The zero-order chi connectivity index (χ0) is 15.6. The van der Waals surface area contributed by atoms with Gasteiger partial charge in [0.05, 0.1) is 30.5 Å². The van der Waals surface area contributed by atoms with Gasteiger partial charge in [-0.15, -0.1) is 11.3 Å². The zero-order valence-corrected chi connectivity index (χ0v) is 13.8. The second-order valence-electron chi connectivity index (χ2n) is 5.81. The van der Waals surface area contributed by atoms with Crippen LogP contribution in [0.25, 0.3) is 0 Å². The summed E-state index contributed by atoms with van der Waals surface area (Å²) in [4.78, 5) is 4.57. The minimum absolute atomic E-state index is 0.0342. The first-order valence-electron chi connectivity index (χ1n) is 6.73. The monoisotopic (exact) mass is 307 g/mol. The van der Waals surface area contributed by atoms with Crippen molar-refractivity contribution in [1.82, 2.24) is 4.98 Å². The lowest BCUT2D eigenvalue weighted by Crippen LogP contribution is -2.11. The largest absolute Gasteiger partial charge is 0.496 e. The van der Waals surface area contributed by atoms with Gasteiger partial charge < -0.3 is 14.6 Å². The Bertz CT molecular complexity index is 594. The summed E-state index contributed by atoms with van der Waals surface area (Å²) in [7, 11) is 3.15. The van der Waals surface area contributed by atoms with E-state index >= 15 is 0 Å². The van der Waals surface area contributed by atoms with Crippen LogP contribution in [0.5, 0.6) is 11.5 Å². The van der Waals surface area contributed by atoms with Crippen LogP contribution in [-0.2, 0) is 5.41 Å². The standard InChI is InChI=1S/C16H21NO3S/c1-16(2,3)15-17-10(9-21-15)14(18)13-11(19-4)7-6-8-12(13)20-5/h6-9,14,18H,1-5H3. The van der Waals surface area contributed by atoms with Crippen LogP contribution in [0.4, 0.5) is 0 Å². The minimum atomic E-state index is -0.872. The van der Waals surface area contributed by atoms with E-state index in [4.69, 9.17) is 9.47 Å². The van der Waals surface area contributed by atoms with E-state index in [1.807, 2.05) is 11.4 Å². The molecule has 0 spiro atoms. The van der Waals surface area contributed by atoms with Crippen molar-refractivity contribution in [2.24, 2.45) is 0 Å². The number of benzene rings is 1. The second-order valence-corrected chi connectivity index (χ2v) is 6.66. The van der Waals surface area contributed by atoms with E-state index in [-0.39, 0.29) is 5.41 Å². The molecule has 21 heavy (non-hydrogen) atoms. The topological polar surface area (TPSA) is 51.6 Å². The summed E-state index contributed by atoms with van der Waals surface area (Å²) in [6.45, 7) is 6.31. The van der Waals surface area contributed by atoms with E-state index in [0.29, 0.717) is 22.8 Å². The van der Waals surface area contributed by atoms with Gasteiger partial charge in [-0.2, -0.15) is 0 Å². The Morgan fingerprint density at radius 1 is 1.14 bits per heavy atom. The first-order chi connectivity index (χ1) is 9.88. The van der Waals surface area contributed by atoms with E-state index < -0.39 is 6.10 Å². The highest BCUT2D eigenvalue weighted by molar-refractivity contribution is 7.09. The molecule has 4 nitrogen and oxygen atoms in total. The number of aliphatic hydroxyl groups is 1. The van der Waals surface area contributed by atoms with Crippen LogP contribution in [0, 0.1) is 0 Å². The van der Waals surface area contributed by atoms with Gasteiger partial charge in [0.15, 0.2) is 0 Å². The van der Waals surface area contributed by atoms with Crippen molar-refractivity contribution in [1.29, 1.82) is 0 Å². The molecule has 0 amide bonds. The molecule has 2 rings (SSSR count). The maximum atomic E-state index is 10.7. The molecular formula is C16H21NO3S. The average molecular weight is 307 g/mol. The van der Waals surface area contributed by atoms with Crippen molar-refractivity contribution in [2.45, 2.75) is 32.3 Å². The summed E-state index contributed by atoms with van der Waals surface area (Å²) in [6.07, 6.45) is -0.872. The summed E-state index contributed by atoms with van der Waals surface area (Å²) in [6, 6.07) is 5.44. The lowest BCUT2D eigenvalue weighted by Gasteiger charge is -2.17. The molecule has 0 saturated heterocycles. The molecular weight excluding hydrogens is 286 g/mol. The van der Waals surface area contributed by atoms with Crippen LogP contribution in [0.2, 0.25) is 0 Å². The second kappa shape index (κ2) is 6.03. The van der Waals surface area contributed by atoms with E-state index in [2.05, 4.69) is 25.8 Å². The SMILES string of the molecule is COc1cccc(OC)c1C(O)c1csc(C(C)(C)C)n1. The fourth-order valence-electron chi connectivity index (χ4n) is 2.05. The maximum absolute atomic E-state index is 10.7. The molecule has 1 aromatic carbocycles. The first kappa shape index (κ1) is 15.8. The van der Waals surface area contributed by atoms with Gasteiger partial charge in [-0.3, -0.25) is 0 Å². The van der Waals surface area contributed by atoms with Crippen LogP contribution in [0.1, 0.15) is 43.1 Å². The molecule has 0 bridgehead atoms. The molecule has 0 aliphatic rings. The predicted octanol–water partition coefficient (Wildman–Crippen LogP) is 3.54. The van der Waals surface area contributed by atoms with Crippen LogP contribution in [-0.4, -0.2) is 24.3 Å². The number of nitrogens with zero attached hydrogens (tertiary/aromatic N) is 1. The molecule has 1 atom stereocenters. The number of thiazole rings is 1. The van der Waals surface area contributed by atoms with Crippen LogP contribution in [0.3, 0.4) is 0 Å². The van der Waals surface area contributed by atoms with E-state index in [9.17, 15) is 5.11 Å². The van der Waals surface area contributed by atoms with Crippen molar-refractivity contribution < 1.29 is 14.6 Å². The van der Waals surface area contributed by atoms with Crippen molar-refractivity contribution in [3.63, 3.8) is 0 Å². The molecule has 1 unspecified atom stereocenters. The Hall–Kier alpha value is -1.59. The quantitative estimate of drug-likeness (QED) is 0.938. The Morgan fingerprint density at radius 2 is 1.71 bits per heavy atom. The Balaban J connectivity index is 2.45. The number of methoxy groups -OCH3 is 2. The highest BCUT2D eigenvalue weighted by atomic mass is 32.1. The van der Waals surface area contributed by atoms with Crippen molar-refractivity contribution in [2.75, 3.05) is 14.2 Å². The summed E-state index contributed by atoms with van der Waals surface area (Å²) < 4.78 is 10.7. The molecule has 0 saturated carbocycles. The molecule has 1 N–H and O–H groups in total. The van der Waals surface area contributed by atoms with Crippen LogP contribution >= 0.6 is 11.3 Å². The van der Waals surface area contributed by atoms with Gasteiger partial charge in [-0.25, -0.2) is 4.98 Å². The minimum Gasteiger partial charge on any atom is -0.496 e. The van der Waals surface area contributed by atoms with E-state index in [1.54, 1.807) is 37.7 Å². The fourth-order valence-corrected chi connectivity index (χ4v) is 2.98. The number of hydrogen-bond acceptors (Lipinski definition) is 5. The highest BCUT2D eigenvalue weighted by Crippen LogP contribution is 2.38. The number of rotatable bonds is 4. The van der Waals surface area contributed by atoms with Gasteiger partial charge in [0.2, 0.25) is 0 Å². The molecule has 114 valence electrons. The first-order valence-corrected chi connectivity index (χ1v) is 7.61. The van der Waals surface area contributed by atoms with Crippen molar-refractivity contribution >= 4 is 11.3 Å². The lowest BCUT2D eigenvalue weighted by molar-refractivity contribution is 0.204. The highest BCUT2D eigenvalue weighted by Gasteiger charge is 2.25. The van der Waals surface area contributed by atoms with Gasteiger partial charge in [0, 0.05) is 10.8 Å². The van der Waals surface area contributed by atoms with Crippen molar-refractivity contribution in [3.05, 3.63) is 39.8 Å². The predicted molar refractivity (Wildman–Crippen MR) is 84.4 cm³/mol. The lowest BCUT2D eigenvalue weighted by atomic mass is 9.98. The molecule has 0 aliphatic heterocycles. The maximum Gasteiger partial charge on any atom is 0.129 e. The summed E-state index contributed by atoms with van der Waals surface area (Å²) in [5, 5.41) is 13.6. The molecule has 0 aliphatic carbocycles. The van der Waals surface area contributed by atoms with Gasteiger partial charge in [0.25, 0.3) is 0 Å². The van der Waals surface area contributed by atoms with Gasteiger partial charge in [-0.1, -0.05) is 26.8 Å². The van der Waals surface area contributed by atoms with E-state index in [1.165, 1.54) is 0 Å². The summed E-state index contributed by atoms with van der Waals surface area (Å²) >= 11 is 1.55. The third-order valence-corrected chi connectivity index (χ3v) is 4.47. The van der Waals surface area contributed by atoms with Gasteiger partial charge >= 0.3 is 0 Å². The number of hydrogen-bond donors (Lipinski definition) is 1. The van der Waals surface area contributed by atoms with Gasteiger partial charge in [-0.05, 0) is 12.1 Å². The molecule has 0 fully saturated rings. The van der Waals surface area contributed by atoms with Crippen LogP contribution < -0.4 is 9.47 Å². The smallest absolute Gasteiger partial charge is 0.129 e. The Kier molecular flexibility index (Phi) is 4.54. The third kappa shape index (κ3) is 3.19. The Labute approximate surface area is 129 Å². The molecule has 1 heterocycles. The molecule has 0 radical (unpaired) electrons. The third-order valence-electron chi connectivity index (χ3n) is 3.18.